The van der Waals surface area contributed by atoms with Crippen molar-refractivity contribution in [1.29, 1.82) is 0 Å². The highest BCUT2D eigenvalue weighted by Crippen LogP contribution is 2.49. The topological polar surface area (TPSA) is 46.3 Å². The molecule has 6 heteroatoms. The molecule has 1 amide bonds. The van der Waals surface area contributed by atoms with E-state index in [0.717, 1.165) is 24.8 Å². The zero-order chi connectivity index (χ0) is 16.3. The van der Waals surface area contributed by atoms with E-state index in [-0.39, 0.29) is 23.0 Å². The summed E-state index contributed by atoms with van der Waals surface area (Å²) in [6.45, 7) is 1.02. The molecule has 4 nitrogen and oxygen atoms in total. The van der Waals surface area contributed by atoms with Crippen LogP contribution in [0.2, 0.25) is 0 Å². The fourth-order valence-corrected chi connectivity index (χ4v) is 3.01. The number of halogens is 2. The summed E-state index contributed by atoms with van der Waals surface area (Å²) in [6, 6.07) is 8.31. The highest BCUT2D eigenvalue weighted by Gasteiger charge is 2.44. The Bertz CT molecular complexity index is 654. The van der Waals surface area contributed by atoms with Crippen molar-refractivity contribution >= 4 is 17.5 Å². The van der Waals surface area contributed by atoms with Gasteiger partial charge in [0.2, 0.25) is 5.91 Å². The number of aromatic nitrogens is 1. The van der Waals surface area contributed by atoms with E-state index in [9.17, 15) is 9.18 Å². The van der Waals surface area contributed by atoms with E-state index in [0.29, 0.717) is 18.8 Å². The third kappa shape index (κ3) is 4.10. The minimum absolute atomic E-state index is 0.0511. The second kappa shape index (κ2) is 6.71. The Hall–Kier alpha value is -1.88. The minimum Gasteiger partial charge on any atom is -0.364 e. The van der Waals surface area contributed by atoms with Crippen LogP contribution < -0.4 is 0 Å². The lowest BCUT2D eigenvalue weighted by Crippen LogP contribution is -2.37. The predicted octanol–water partition coefficient (Wildman–Crippen LogP) is 3.40. The number of carbonyl (C=O) groups excluding carboxylic acids is 1. The van der Waals surface area contributed by atoms with Crippen molar-refractivity contribution < 1.29 is 13.7 Å². The first-order valence-corrected chi connectivity index (χ1v) is 8.11. The normalized spacial score (nSPS) is 15.4. The van der Waals surface area contributed by atoms with E-state index in [1.807, 2.05) is 0 Å². The Balaban J connectivity index is 1.68. The number of rotatable bonds is 7. The van der Waals surface area contributed by atoms with Gasteiger partial charge in [-0.25, -0.2) is 4.39 Å². The molecule has 0 unspecified atom stereocenters. The molecule has 1 heterocycles. The first-order valence-electron chi connectivity index (χ1n) is 7.58. The smallest absolute Gasteiger partial charge is 0.237 e. The number of hydrogen-bond acceptors (Lipinski definition) is 3. The Morgan fingerprint density at radius 3 is 2.61 bits per heavy atom. The minimum atomic E-state index is -0.233. The van der Waals surface area contributed by atoms with Crippen LogP contribution in [0.5, 0.6) is 0 Å². The molecule has 0 aliphatic heterocycles. The number of alkyl halides is 1. The van der Waals surface area contributed by atoms with Gasteiger partial charge in [-0.05, 0) is 42.4 Å². The Morgan fingerprint density at radius 2 is 2.04 bits per heavy atom. The van der Waals surface area contributed by atoms with Crippen molar-refractivity contribution in [2.75, 3.05) is 12.4 Å². The fraction of sp³-hybridized carbons (Fsp3) is 0.412. The average molecular weight is 337 g/mol. The quantitative estimate of drug-likeness (QED) is 0.728. The molecule has 23 heavy (non-hydrogen) atoms. The zero-order valence-corrected chi connectivity index (χ0v) is 13.4. The monoisotopic (exact) mass is 336 g/mol. The van der Waals surface area contributed by atoms with E-state index in [2.05, 4.69) is 5.16 Å². The predicted molar refractivity (Wildman–Crippen MR) is 84.4 cm³/mol. The van der Waals surface area contributed by atoms with Gasteiger partial charge in [0.15, 0.2) is 0 Å². The third-order valence-corrected chi connectivity index (χ3v) is 4.52. The highest BCUT2D eigenvalue weighted by molar-refractivity contribution is 6.27. The summed E-state index contributed by atoms with van der Waals surface area (Å²) < 4.78 is 17.9. The van der Waals surface area contributed by atoms with Crippen LogP contribution >= 0.6 is 11.6 Å². The molecular formula is C17H18ClFN2O2. The fourth-order valence-electron chi connectivity index (χ4n) is 2.84. The van der Waals surface area contributed by atoms with Crippen molar-refractivity contribution in [2.24, 2.45) is 5.41 Å². The molecule has 1 aliphatic carbocycles. The standard InChI is InChI=1S/C17H18ClFN2O2/c18-10-16(22)21(11-15-5-8-23-20-15)12-17(6-7-17)9-13-1-3-14(19)4-2-13/h1-5,8H,6-7,9-12H2. The summed E-state index contributed by atoms with van der Waals surface area (Å²) in [5.74, 6) is -0.395. The average Bonchev–Trinajstić information content (AvgIpc) is 3.09. The molecule has 0 radical (unpaired) electrons. The molecule has 0 atom stereocenters. The van der Waals surface area contributed by atoms with Crippen LogP contribution in [0.4, 0.5) is 4.39 Å². The van der Waals surface area contributed by atoms with Crippen LogP contribution in [-0.2, 0) is 17.8 Å². The lowest BCUT2D eigenvalue weighted by Gasteiger charge is -2.26. The molecule has 122 valence electrons. The molecule has 1 saturated carbocycles. The molecule has 0 N–H and O–H groups in total. The molecule has 0 saturated heterocycles. The summed E-state index contributed by atoms with van der Waals surface area (Å²) in [5.41, 5.74) is 1.85. The highest BCUT2D eigenvalue weighted by atomic mass is 35.5. The van der Waals surface area contributed by atoms with Crippen LogP contribution in [0.15, 0.2) is 41.1 Å². The number of carbonyl (C=O) groups is 1. The van der Waals surface area contributed by atoms with Gasteiger partial charge < -0.3 is 9.42 Å². The number of amides is 1. The molecule has 2 aromatic rings. The van der Waals surface area contributed by atoms with E-state index < -0.39 is 0 Å². The van der Waals surface area contributed by atoms with Gasteiger partial charge in [-0.15, -0.1) is 11.6 Å². The van der Waals surface area contributed by atoms with E-state index in [1.54, 1.807) is 23.1 Å². The molecule has 1 aliphatic rings. The van der Waals surface area contributed by atoms with Crippen molar-refractivity contribution in [2.45, 2.75) is 25.8 Å². The van der Waals surface area contributed by atoms with Gasteiger partial charge >= 0.3 is 0 Å². The maximum absolute atomic E-state index is 13.0. The molecule has 1 fully saturated rings. The van der Waals surface area contributed by atoms with Crippen molar-refractivity contribution in [3.8, 4) is 0 Å². The molecule has 0 spiro atoms. The Labute approximate surface area is 139 Å². The molecule has 1 aromatic heterocycles. The summed E-state index contributed by atoms with van der Waals surface area (Å²) in [5, 5.41) is 3.86. The summed E-state index contributed by atoms with van der Waals surface area (Å²) in [6.07, 6.45) is 4.42. The van der Waals surface area contributed by atoms with Gasteiger partial charge in [0.25, 0.3) is 0 Å². The first-order chi connectivity index (χ1) is 11.1. The van der Waals surface area contributed by atoms with Gasteiger partial charge in [0.05, 0.1) is 6.54 Å². The summed E-state index contributed by atoms with van der Waals surface area (Å²) >= 11 is 5.74. The Morgan fingerprint density at radius 1 is 1.30 bits per heavy atom. The van der Waals surface area contributed by atoms with Crippen molar-refractivity contribution in [3.63, 3.8) is 0 Å². The summed E-state index contributed by atoms with van der Waals surface area (Å²) in [4.78, 5) is 13.9. The Kier molecular flexibility index (Phi) is 4.66. The third-order valence-electron chi connectivity index (χ3n) is 4.29. The van der Waals surface area contributed by atoms with Gasteiger partial charge in [-0.3, -0.25) is 4.79 Å². The van der Waals surface area contributed by atoms with Crippen LogP contribution in [0.3, 0.4) is 0 Å². The van der Waals surface area contributed by atoms with Gasteiger partial charge in [-0.1, -0.05) is 17.3 Å². The van der Waals surface area contributed by atoms with E-state index in [1.165, 1.54) is 18.4 Å². The SMILES string of the molecule is O=C(CCl)N(Cc1ccon1)CC1(Cc2ccc(F)cc2)CC1. The van der Waals surface area contributed by atoms with Crippen LogP contribution in [0.1, 0.15) is 24.1 Å². The van der Waals surface area contributed by atoms with Gasteiger partial charge in [0.1, 0.15) is 23.7 Å². The zero-order valence-electron chi connectivity index (χ0n) is 12.7. The molecule has 0 bridgehead atoms. The summed E-state index contributed by atoms with van der Waals surface area (Å²) in [7, 11) is 0. The number of hydrogen-bond donors (Lipinski definition) is 0. The number of nitrogens with zero attached hydrogens (tertiary/aromatic N) is 2. The van der Waals surface area contributed by atoms with Gasteiger partial charge in [-0.2, -0.15) is 0 Å². The number of benzene rings is 1. The van der Waals surface area contributed by atoms with Crippen LogP contribution in [-0.4, -0.2) is 28.4 Å². The first kappa shape index (κ1) is 16.0. The van der Waals surface area contributed by atoms with Crippen LogP contribution in [0, 0.1) is 11.2 Å². The lowest BCUT2D eigenvalue weighted by molar-refractivity contribution is -0.130. The second-order valence-electron chi connectivity index (χ2n) is 6.18. The maximum Gasteiger partial charge on any atom is 0.237 e. The van der Waals surface area contributed by atoms with E-state index in [4.69, 9.17) is 16.1 Å². The van der Waals surface area contributed by atoms with Crippen molar-refractivity contribution in [1.82, 2.24) is 10.1 Å². The largest absolute Gasteiger partial charge is 0.364 e. The van der Waals surface area contributed by atoms with E-state index >= 15 is 0 Å². The maximum atomic E-state index is 13.0. The molecular weight excluding hydrogens is 319 g/mol. The lowest BCUT2D eigenvalue weighted by atomic mass is 9.95. The van der Waals surface area contributed by atoms with Gasteiger partial charge in [0, 0.05) is 12.6 Å². The van der Waals surface area contributed by atoms with Crippen molar-refractivity contribution in [3.05, 3.63) is 53.7 Å². The van der Waals surface area contributed by atoms with Crippen LogP contribution in [0.25, 0.3) is 0 Å². The second-order valence-corrected chi connectivity index (χ2v) is 6.44. The molecule has 1 aromatic carbocycles. The molecule has 3 rings (SSSR count).